The Labute approximate surface area is 188 Å². The maximum absolute atomic E-state index is 12.7. The van der Waals surface area contributed by atoms with Crippen LogP contribution in [0.2, 0.25) is 0 Å². The van der Waals surface area contributed by atoms with Gasteiger partial charge >= 0.3 is 0 Å². The summed E-state index contributed by atoms with van der Waals surface area (Å²) in [5, 5.41) is 3.32. The molecule has 1 aliphatic heterocycles. The maximum Gasteiger partial charge on any atom is 0.275 e. The van der Waals surface area contributed by atoms with Crippen LogP contribution in [0.5, 0.6) is 11.5 Å². The highest BCUT2D eigenvalue weighted by molar-refractivity contribution is 5.44. The number of ether oxygens (including phenoxy) is 3. The summed E-state index contributed by atoms with van der Waals surface area (Å²) in [5.41, 5.74) is 4.29. The summed E-state index contributed by atoms with van der Waals surface area (Å²) in [5.74, 6) is 1.44. The molecular formula is C24H32N4O4. The Kier molecular flexibility index (Phi) is 6.81. The molecule has 1 aliphatic rings. The van der Waals surface area contributed by atoms with Crippen LogP contribution in [0, 0.1) is 13.8 Å². The molecule has 0 spiro atoms. The lowest BCUT2D eigenvalue weighted by Gasteiger charge is -2.35. The van der Waals surface area contributed by atoms with E-state index in [1.54, 1.807) is 18.7 Å². The van der Waals surface area contributed by atoms with E-state index in [-0.39, 0.29) is 11.6 Å². The highest BCUT2D eigenvalue weighted by Gasteiger charge is 2.26. The van der Waals surface area contributed by atoms with Gasteiger partial charge in [-0.3, -0.25) is 14.8 Å². The van der Waals surface area contributed by atoms with Gasteiger partial charge in [0.15, 0.2) is 17.1 Å². The van der Waals surface area contributed by atoms with E-state index < -0.39 is 0 Å². The van der Waals surface area contributed by atoms with Crippen LogP contribution in [-0.4, -0.2) is 53.5 Å². The number of nitrogens with one attached hydrogen (secondary N) is 1. The number of rotatable bonds is 8. The molecule has 172 valence electrons. The molecule has 0 saturated carbocycles. The first kappa shape index (κ1) is 22.4. The van der Waals surface area contributed by atoms with E-state index in [0.717, 1.165) is 60.8 Å². The first-order chi connectivity index (χ1) is 15.5. The molecule has 0 unspecified atom stereocenters. The average molecular weight is 441 g/mol. The van der Waals surface area contributed by atoms with Gasteiger partial charge in [-0.1, -0.05) is 12.5 Å². The number of piperidine rings is 1. The van der Waals surface area contributed by atoms with Crippen molar-refractivity contribution in [1.82, 2.24) is 19.5 Å². The molecule has 1 fully saturated rings. The number of methoxy groups -OCH3 is 2. The van der Waals surface area contributed by atoms with Crippen molar-refractivity contribution >= 4 is 5.65 Å². The number of aromatic amines is 1. The first-order valence-electron chi connectivity index (χ1n) is 11.1. The SMILES string of the molecule is COCCOc1ccc(CN2CCCC[C@@H]2c2cc3nc(C)c(C)c(=O)n3[nH]2)cc1OC. The number of aromatic nitrogens is 3. The van der Waals surface area contributed by atoms with Crippen LogP contribution in [0.25, 0.3) is 5.65 Å². The molecule has 1 saturated heterocycles. The fourth-order valence-corrected chi connectivity index (χ4v) is 4.34. The van der Waals surface area contributed by atoms with E-state index in [4.69, 9.17) is 14.2 Å². The molecule has 8 heteroatoms. The molecule has 1 atom stereocenters. The van der Waals surface area contributed by atoms with Crippen molar-refractivity contribution in [3.63, 3.8) is 0 Å². The van der Waals surface area contributed by atoms with Crippen molar-refractivity contribution < 1.29 is 14.2 Å². The molecule has 3 heterocycles. The molecular weight excluding hydrogens is 408 g/mol. The minimum absolute atomic E-state index is 0.0325. The molecule has 2 aromatic heterocycles. The van der Waals surface area contributed by atoms with Crippen molar-refractivity contribution in [3.8, 4) is 11.5 Å². The molecule has 3 aromatic rings. The number of benzene rings is 1. The van der Waals surface area contributed by atoms with Crippen LogP contribution in [0.15, 0.2) is 29.1 Å². The number of H-pyrrole nitrogens is 1. The van der Waals surface area contributed by atoms with E-state index in [0.29, 0.717) is 24.4 Å². The van der Waals surface area contributed by atoms with Gasteiger partial charge in [0.2, 0.25) is 0 Å². The summed E-state index contributed by atoms with van der Waals surface area (Å²) < 4.78 is 17.9. The van der Waals surface area contributed by atoms with Gasteiger partial charge in [0, 0.05) is 31.0 Å². The summed E-state index contributed by atoms with van der Waals surface area (Å²) in [7, 11) is 3.31. The molecule has 8 nitrogen and oxygen atoms in total. The van der Waals surface area contributed by atoms with Gasteiger partial charge in [-0.05, 0) is 50.9 Å². The Morgan fingerprint density at radius 1 is 1.12 bits per heavy atom. The van der Waals surface area contributed by atoms with Gasteiger partial charge in [-0.15, -0.1) is 0 Å². The molecule has 0 bridgehead atoms. The fraction of sp³-hybridized carbons (Fsp3) is 0.500. The predicted octanol–water partition coefficient (Wildman–Crippen LogP) is 3.40. The first-order valence-corrected chi connectivity index (χ1v) is 11.1. The smallest absolute Gasteiger partial charge is 0.275 e. The zero-order valence-corrected chi connectivity index (χ0v) is 19.3. The lowest BCUT2D eigenvalue weighted by atomic mass is 9.98. The normalized spacial score (nSPS) is 17.1. The van der Waals surface area contributed by atoms with Crippen LogP contribution >= 0.6 is 0 Å². The van der Waals surface area contributed by atoms with Crippen molar-refractivity contribution in [1.29, 1.82) is 0 Å². The predicted molar refractivity (Wildman–Crippen MR) is 123 cm³/mol. The van der Waals surface area contributed by atoms with E-state index in [9.17, 15) is 4.79 Å². The molecule has 0 radical (unpaired) electrons. The van der Waals surface area contributed by atoms with Gasteiger partial charge < -0.3 is 14.2 Å². The van der Waals surface area contributed by atoms with Gasteiger partial charge in [-0.2, -0.15) is 0 Å². The largest absolute Gasteiger partial charge is 0.493 e. The Bertz CT molecular complexity index is 1140. The second-order valence-corrected chi connectivity index (χ2v) is 8.34. The number of aryl methyl sites for hydroxylation is 1. The van der Waals surface area contributed by atoms with E-state index in [1.807, 2.05) is 32.0 Å². The van der Waals surface area contributed by atoms with E-state index in [1.165, 1.54) is 0 Å². The Morgan fingerprint density at radius 2 is 1.97 bits per heavy atom. The molecule has 32 heavy (non-hydrogen) atoms. The quantitative estimate of drug-likeness (QED) is 0.541. The maximum atomic E-state index is 12.7. The molecule has 0 amide bonds. The lowest BCUT2D eigenvalue weighted by molar-refractivity contribution is 0.136. The summed E-state index contributed by atoms with van der Waals surface area (Å²) >= 11 is 0. The number of fused-ring (bicyclic) bond motifs is 1. The molecule has 1 N–H and O–H groups in total. The van der Waals surface area contributed by atoms with Crippen molar-refractivity contribution in [2.75, 3.05) is 34.0 Å². The zero-order valence-electron chi connectivity index (χ0n) is 19.3. The number of hydrogen-bond donors (Lipinski definition) is 1. The van der Waals surface area contributed by atoms with Crippen LogP contribution in [-0.2, 0) is 11.3 Å². The van der Waals surface area contributed by atoms with Gasteiger partial charge in [0.25, 0.3) is 5.56 Å². The second kappa shape index (κ2) is 9.75. The Hall–Kier alpha value is -2.84. The Balaban J connectivity index is 1.57. The van der Waals surface area contributed by atoms with E-state index >= 15 is 0 Å². The third-order valence-electron chi connectivity index (χ3n) is 6.23. The van der Waals surface area contributed by atoms with Crippen LogP contribution < -0.4 is 15.0 Å². The van der Waals surface area contributed by atoms with Gasteiger partial charge in [0.1, 0.15) is 6.61 Å². The third kappa shape index (κ3) is 4.52. The summed E-state index contributed by atoms with van der Waals surface area (Å²) in [4.78, 5) is 19.7. The number of likely N-dealkylation sites (tertiary alicyclic amines) is 1. The standard InChI is InChI=1S/C24H32N4O4/c1-16-17(2)25-23-14-19(26-28(23)24(16)29)20-7-5-6-10-27(20)15-18-8-9-21(22(13-18)31-4)32-12-11-30-3/h8-9,13-14,20,26H,5-7,10-12,15H2,1-4H3/t20-/m1/s1. The third-order valence-corrected chi connectivity index (χ3v) is 6.23. The Morgan fingerprint density at radius 3 is 2.75 bits per heavy atom. The molecule has 1 aromatic carbocycles. The number of nitrogens with zero attached hydrogens (tertiary/aromatic N) is 3. The lowest BCUT2D eigenvalue weighted by Crippen LogP contribution is -2.33. The molecule has 4 rings (SSSR count). The molecule has 0 aliphatic carbocycles. The summed E-state index contributed by atoms with van der Waals surface area (Å²) in [6, 6.07) is 8.30. The fourth-order valence-electron chi connectivity index (χ4n) is 4.34. The van der Waals surface area contributed by atoms with Gasteiger partial charge in [0.05, 0.1) is 25.5 Å². The van der Waals surface area contributed by atoms with E-state index in [2.05, 4.69) is 21.0 Å². The highest BCUT2D eigenvalue weighted by atomic mass is 16.5. The minimum atomic E-state index is -0.0325. The topological polar surface area (TPSA) is 81.1 Å². The highest BCUT2D eigenvalue weighted by Crippen LogP contribution is 2.34. The van der Waals surface area contributed by atoms with Gasteiger partial charge in [-0.25, -0.2) is 9.50 Å². The van der Waals surface area contributed by atoms with Crippen molar-refractivity contribution in [3.05, 3.63) is 57.1 Å². The average Bonchev–Trinajstić information content (AvgIpc) is 3.22. The summed E-state index contributed by atoms with van der Waals surface area (Å²) in [6.45, 7) is 6.49. The summed E-state index contributed by atoms with van der Waals surface area (Å²) in [6.07, 6.45) is 3.35. The van der Waals surface area contributed by atoms with Crippen LogP contribution in [0.4, 0.5) is 0 Å². The zero-order chi connectivity index (χ0) is 22.7. The second-order valence-electron chi connectivity index (χ2n) is 8.34. The monoisotopic (exact) mass is 440 g/mol. The van der Waals surface area contributed by atoms with Crippen LogP contribution in [0.1, 0.15) is 47.8 Å². The number of hydrogen-bond acceptors (Lipinski definition) is 6. The van der Waals surface area contributed by atoms with Crippen molar-refractivity contribution in [2.45, 2.75) is 45.7 Å². The van der Waals surface area contributed by atoms with Crippen LogP contribution in [0.3, 0.4) is 0 Å². The minimum Gasteiger partial charge on any atom is -0.493 e. The van der Waals surface area contributed by atoms with Crippen molar-refractivity contribution in [2.24, 2.45) is 0 Å².